The number of amides is 1. The minimum Gasteiger partial charge on any atom is -0.479 e. The lowest BCUT2D eigenvalue weighted by Gasteiger charge is -2.54. The quantitative estimate of drug-likeness (QED) is 0.613. The summed E-state index contributed by atoms with van der Waals surface area (Å²) in [5.41, 5.74) is 4.32. The number of rotatable bonds is 2. The highest BCUT2D eigenvalue weighted by Crippen LogP contribution is 2.43. The number of hydrogen-bond acceptors (Lipinski definition) is 5. The number of nitrogens with two attached hydrogens (primary N) is 1. The highest BCUT2D eigenvalue weighted by molar-refractivity contribution is 8.00. The van der Waals surface area contributed by atoms with Gasteiger partial charge in [-0.1, -0.05) is 0 Å². The number of ether oxygens (including phenoxy) is 1. The smallest absolute Gasteiger partial charge is 0.339 e. The van der Waals surface area contributed by atoms with Crippen molar-refractivity contribution in [3.63, 3.8) is 0 Å². The van der Waals surface area contributed by atoms with Gasteiger partial charge in [-0.25, -0.2) is 4.79 Å². The van der Waals surface area contributed by atoms with Gasteiger partial charge in [-0.15, -0.1) is 11.8 Å². The Morgan fingerprint density at radius 1 is 1.75 bits per heavy atom. The van der Waals surface area contributed by atoms with E-state index in [1.54, 1.807) is 6.92 Å². The van der Waals surface area contributed by atoms with Crippen molar-refractivity contribution < 1.29 is 19.4 Å². The van der Waals surface area contributed by atoms with Gasteiger partial charge in [-0.3, -0.25) is 4.79 Å². The number of carbonyl (C=O) groups excluding carboxylic acids is 1. The lowest BCUT2D eigenvalue weighted by molar-refractivity contribution is -0.172. The third-order valence-corrected chi connectivity index (χ3v) is 4.93. The van der Waals surface area contributed by atoms with Crippen molar-refractivity contribution in [3.05, 3.63) is 0 Å². The van der Waals surface area contributed by atoms with Crippen molar-refractivity contribution in [3.8, 4) is 0 Å². The number of methoxy groups -OCH3 is 1. The van der Waals surface area contributed by atoms with E-state index in [9.17, 15) is 14.7 Å². The van der Waals surface area contributed by atoms with Crippen LogP contribution < -0.4 is 5.73 Å². The first-order valence-electron chi connectivity index (χ1n) is 4.94. The summed E-state index contributed by atoms with van der Waals surface area (Å²) in [4.78, 5) is 24.2. The standard InChI is InChI=1S/C9H14N2O4S/c1-4-9(15-2,8(13)14)3-11-6(12)5(10)7(11)16-4/h4-5,7H,3,10H2,1-2H3,(H,13,14)/t4?,5-,7-,9?/m1/s1. The molecule has 0 radical (unpaired) electrons. The van der Waals surface area contributed by atoms with Gasteiger partial charge in [0, 0.05) is 12.4 Å². The van der Waals surface area contributed by atoms with Crippen molar-refractivity contribution >= 4 is 23.6 Å². The third-order valence-electron chi connectivity index (χ3n) is 3.31. The SMILES string of the molecule is COC1(C(=O)O)CN2C(=O)[C@@H](N)[C@H]2SC1C. The Morgan fingerprint density at radius 2 is 2.38 bits per heavy atom. The van der Waals surface area contributed by atoms with Crippen LogP contribution in [-0.2, 0) is 14.3 Å². The van der Waals surface area contributed by atoms with E-state index in [2.05, 4.69) is 0 Å². The monoisotopic (exact) mass is 246 g/mol. The van der Waals surface area contributed by atoms with Crippen molar-refractivity contribution in [2.45, 2.75) is 29.2 Å². The number of nitrogens with zero attached hydrogens (tertiary/aromatic N) is 1. The molecule has 0 saturated carbocycles. The summed E-state index contributed by atoms with van der Waals surface area (Å²) >= 11 is 1.38. The van der Waals surface area contributed by atoms with Crippen molar-refractivity contribution in [1.82, 2.24) is 4.90 Å². The number of carboxylic acids is 1. The first-order chi connectivity index (χ1) is 7.44. The Labute approximate surface area is 97.1 Å². The molecule has 2 saturated heterocycles. The molecule has 0 aromatic rings. The van der Waals surface area contributed by atoms with Crippen LogP contribution >= 0.6 is 11.8 Å². The molecule has 2 heterocycles. The second-order valence-corrected chi connectivity index (χ2v) is 5.52. The summed E-state index contributed by atoms with van der Waals surface area (Å²) < 4.78 is 5.13. The van der Waals surface area contributed by atoms with Crippen LogP contribution in [0, 0.1) is 0 Å². The molecule has 2 unspecified atom stereocenters. The lowest BCUT2D eigenvalue weighted by Crippen LogP contribution is -2.75. The minimum atomic E-state index is -1.32. The Balaban J connectivity index is 2.25. The summed E-state index contributed by atoms with van der Waals surface area (Å²) in [7, 11) is 1.36. The zero-order valence-electron chi connectivity index (χ0n) is 9.04. The molecule has 1 amide bonds. The van der Waals surface area contributed by atoms with Crippen molar-refractivity contribution in [1.29, 1.82) is 0 Å². The van der Waals surface area contributed by atoms with Gasteiger partial charge >= 0.3 is 5.97 Å². The summed E-state index contributed by atoms with van der Waals surface area (Å²) in [5.74, 6) is -1.24. The average molecular weight is 246 g/mol. The van der Waals surface area contributed by atoms with Gasteiger partial charge in [-0.2, -0.15) is 0 Å². The van der Waals surface area contributed by atoms with E-state index in [0.29, 0.717) is 0 Å². The molecular weight excluding hydrogens is 232 g/mol. The van der Waals surface area contributed by atoms with Crippen LogP contribution in [0.5, 0.6) is 0 Å². The molecule has 3 N–H and O–H groups in total. The van der Waals surface area contributed by atoms with E-state index in [1.807, 2.05) is 0 Å². The van der Waals surface area contributed by atoms with Gasteiger partial charge in [0.1, 0.15) is 11.4 Å². The number of thioether (sulfide) groups is 1. The van der Waals surface area contributed by atoms with Crippen LogP contribution in [0.25, 0.3) is 0 Å². The molecule has 4 atom stereocenters. The molecular formula is C9H14N2O4S. The first kappa shape index (κ1) is 11.7. The molecule has 2 fully saturated rings. The van der Waals surface area contributed by atoms with Gasteiger partial charge < -0.3 is 20.5 Å². The molecule has 2 aliphatic heterocycles. The molecule has 2 rings (SSSR count). The number of carboxylic acid groups (broad SMARTS) is 1. The van der Waals surface area contributed by atoms with E-state index >= 15 is 0 Å². The Kier molecular flexibility index (Phi) is 2.64. The summed E-state index contributed by atoms with van der Waals surface area (Å²) in [6.07, 6.45) is 0. The normalized spacial score (nSPS) is 42.6. The zero-order chi connectivity index (χ0) is 12.1. The van der Waals surface area contributed by atoms with Crippen molar-refractivity contribution in [2.75, 3.05) is 13.7 Å². The number of hydrogen-bond donors (Lipinski definition) is 2. The van der Waals surface area contributed by atoms with Crippen LogP contribution in [-0.4, -0.2) is 57.8 Å². The molecule has 7 heteroatoms. The fourth-order valence-electron chi connectivity index (χ4n) is 2.14. The molecule has 0 aromatic carbocycles. The molecule has 0 bridgehead atoms. The second kappa shape index (κ2) is 3.61. The van der Waals surface area contributed by atoms with Crippen LogP contribution in [0.15, 0.2) is 0 Å². The fourth-order valence-corrected chi connectivity index (χ4v) is 3.66. The maximum absolute atomic E-state index is 11.5. The maximum Gasteiger partial charge on any atom is 0.339 e. The highest BCUT2D eigenvalue weighted by Gasteiger charge is 2.59. The topological polar surface area (TPSA) is 92.9 Å². The molecule has 2 aliphatic rings. The predicted octanol–water partition coefficient (Wildman–Crippen LogP) is -0.913. The van der Waals surface area contributed by atoms with Crippen LogP contribution in [0.3, 0.4) is 0 Å². The van der Waals surface area contributed by atoms with Gasteiger partial charge in [0.15, 0.2) is 5.60 Å². The number of aliphatic carboxylic acids is 1. The van der Waals surface area contributed by atoms with E-state index in [4.69, 9.17) is 10.5 Å². The molecule has 0 aromatic heterocycles. The third kappa shape index (κ3) is 1.28. The van der Waals surface area contributed by atoms with E-state index in [-0.39, 0.29) is 23.1 Å². The predicted molar refractivity (Wildman–Crippen MR) is 57.9 cm³/mol. The maximum atomic E-state index is 11.5. The van der Waals surface area contributed by atoms with E-state index in [1.165, 1.54) is 23.8 Å². The number of carbonyl (C=O) groups is 2. The lowest BCUT2D eigenvalue weighted by atomic mass is 9.95. The number of β-lactam (4-membered cyclic amide) rings is 1. The van der Waals surface area contributed by atoms with Gasteiger partial charge in [-0.05, 0) is 6.92 Å². The summed E-state index contributed by atoms with van der Waals surface area (Å²) in [6, 6.07) is -0.504. The average Bonchev–Trinajstić information content (AvgIpc) is 2.27. The van der Waals surface area contributed by atoms with Crippen LogP contribution in [0.4, 0.5) is 0 Å². The number of fused-ring (bicyclic) bond motifs is 1. The Morgan fingerprint density at radius 3 is 2.88 bits per heavy atom. The highest BCUT2D eigenvalue weighted by atomic mass is 32.2. The Bertz CT molecular complexity index is 350. The molecule has 16 heavy (non-hydrogen) atoms. The molecule has 0 spiro atoms. The zero-order valence-corrected chi connectivity index (χ0v) is 9.86. The fraction of sp³-hybridized carbons (Fsp3) is 0.778. The summed E-state index contributed by atoms with van der Waals surface area (Å²) in [5, 5.41) is 8.89. The van der Waals surface area contributed by atoms with Crippen molar-refractivity contribution in [2.24, 2.45) is 5.73 Å². The minimum absolute atomic E-state index is 0.0736. The van der Waals surface area contributed by atoms with Crippen LogP contribution in [0.2, 0.25) is 0 Å². The molecule has 6 nitrogen and oxygen atoms in total. The Hall–Kier alpha value is -0.790. The molecule has 0 aliphatic carbocycles. The largest absolute Gasteiger partial charge is 0.479 e. The van der Waals surface area contributed by atoms with E-state index in [0.717, 1.165) is 0 Å². The van der Waals surface area contributed by atoms with E-state index < -0.39 is 17.6 Å². The first-order valence-corrected chi connectivity index (χ1v) is 5.88. The summed E-state index contributed by atoms with van der Waals surface area (Å²) in [6.45, 7) is 1.86. The van der Waals surface area contributed by atoms with Crippen LogP contribution in [0.1, 0.15) is 6.92 Å². The van der Waals surface area contributed by atoms with Gasteiger partial charge in [0.05, 0.1) is 6.54 Å². The van der Waals surface area contributed by atoms with Gasteiger partial charge in [0.2, 0.25) is 5.91 Å². The van der Waals surface area contributed by atoms with Gasteiger partial charge in [0.25, 0.3) is 0 Å². The molecule has 90 valence electrons. The second-order valence-electron chi connectivity index (χ2n) is 4.06.